The summed E-state index contributed by atoms with van der Waals surface area (Å²) in [6.07, 6.45) is 1.11. The second-order valence-corrected chi connectivity index (χ2v) is 9.41. The Morgan fingerprint density at radius 2 is 0.842 bits per heavy atom. The van der Waals surface area contributed by atoms with Crippen LogP contribution in [0.2, 0.25) is 0 Å². The third kappa shape index (κ3) is 14.1. The highest BCUT2D eigenvalue weighted by atomic mass is 16.3. The zero-order valence-corrected chi connectivity index (χ0v) is 22.7. The predicted molar refractivity (Wildman–Crippen MR) is 141 cm³/mol. The number of aliphatic hydroxyl groups excluding tert-OH is 6. The van der Waals surface area contributed by atoms with Crippen LogP contribution in [0.15, 0.2) is 0 Å². The van der Waals surface area contributed by atoms with Crippen molar-refractivity contribution < 1.29 is 40.2 Å². The second-order valence-electron chi connectivity index (χ2n) is 9.41. The number of amides is 2. The van der Waals surface area contributed by atoms with Crippen LogP contribution < -0.4 is 0 Å². The van der Waals surface area contributed by atoms with Crippen molar-refractivity contribution in [1.29, 1.82) is 0 Å². The molecule has 0 spiro atoms. The molecule has 1 rings (SSSR count). The van der Waals surface area contributed by atoms with Gasteiger partial charge in [-0.2, -0.15) is 0 Å². The molecule has 14 heteroatoms. The van der Waals surface area contributed by atoms with Gasteiger partial charge < -0.3 is 40.4 Å². The van der Waals surface area contributed by atoms with E-state index in [1.54, 1.807) is 9.80 Å². The van der Waals surface area contributed by atoms with Crippen molar-refractivity contribution in [2.45, 2.75) is 19.3 Å². The minimum absolute atomic E-state index is 0.00142. The molecule has 0 bridgehead atoms. The fourth-order valence-electron chi connectivity index (χ4n) is 4.48. The molecule has 0 unspecified atom stereocenters. The van der Waals surface area contributed by atoms with Crippen LogP contribution in [-0.2, 0) is 9.59 Å². The van der Waals surface area contributed by atoms with Gasteiger partial charge in [0.1, 0.15) is 0 Å². The Labute approximate surface area is 226 Å². The van der Waals surface area contributed by atoms with Crippen LogP contribution in [0.3, 0.4) is 0 Å². The number of carbonyl (C=O) groups excluding carboxylic acids is 2. The number of hydrogen-bond donors (Lipinski definition) is 6. The summed E-state index contributed by atoms with van der Waals surface area (Å²) in [4.78, 5) is 37.1. The van der Waals surface area contributed by atoms with E-state index in [1.807, 2.05) is 19.6 Å². The zero-order valence-electron chi connectivity index (χ0n) is 22.7. The van der Waals surface area contributed by atoms with Gasteiger partial charge in [-0.3, -0.25) is 29.2 Å². The summed E-state index contributed by atoms with van der Waals surface area (Å²) in [5, 5.41) is 55.4. The highest BCUT2D eigenvalue weighted by molar-refractivity contribution is 5.79. The van der Waals surface area contributed by atoms with Gasteiger partial charge in [-0.25, -0.2) is 0 Å². The predicted octanol–water partition coefficient (Wildman–Crippen LogP) is -4.14. The summed E-state index contributed by atoms with van der Waals surface area (Å²) in [6, 6.07) is 0. The molecule has 0 aromatic rings. The van der Waals surface area contributed by atoms with Gasteiger partial charge >= 0.3 is 0 Å². The molecular weight excluding hydrogens is 500 g/mol. The van der Waals surface area contributed by atoms with E-state index in [-0.39, 0.29) is 71.0 Å². The Hall–Kier alpha value is -1.46. The summed E-state index contributed by atoms with van der Waals surface area (Å²) >= 11 is 0. The number of hydrogen-bond acceptors (Lipinski definition) is 12. The lowest BCUT2D eigenvalue weighted by Gasteiger charge is -2.43. The van der Waals surface area contributed by atoms with Crippen LogP contribution in [0.1, 0.15) is 19.3 Å². The minimum atomic E-state index is -0.127. The Morgan fingerprint density at radius 1 is 0.500 bits per heavy atom. The maximum absolute atomic E-state index is 13.1. The van der Waals surface area contributed by atoms with E-state index in [0.717, 1.165) is 6.42 Å². The summed E-state index contributed by atoms with van der Waals surface area (Å²) in [6.45, 7) is 5.05. The Morgan fingerprint density at radius 3 is 1.18 bits per heavy atom. The van der Waals surface area contributed by atoms with Gasteiger partial charge in [0, 0.05) is 71.7 Å². The summed E-state index contributed by atoms with van der Waals surface area (Å²) in [7, 11) is 0. The molecule has 0 radical (unpaired) electrons. The lowest BCUT2D eigenvalue weighted by Crippen LogP contribution is -2.58. The maximum Gasteiger partial charge on any atom is 0.226 e. The third-order valence-corrected chi connectivity index (χ3v) is 6.52. The monoisotopic (exact) mass is 550 g/mol. The standard InChI is InChI=1S/C24H50N6O8/c31-14-8-25(9-15-32)4-1-5-28-20-29(23(37)2-6-26(10-16-33)11-17-34)22-30(21-28)24(38)3-7-27(12-18-35)13-19-36/h31-36H,1-22H2. The van der Waals surface area contributed by atoms with E-state index < -0.39 is 0 Å². The zero-order chi connectivity index (χ0) is 28.2. The molecule has 38 heavy (non-hydrogen) atoms. The van der Waals surface area contributed by atoms with Crippen LogP contribution in [-0.4, -0.2) is 197 Å². The van der Waals surface area contributed by atoms with Gasteiger partial charge in [0.05, 0.1) is 59.6 Å². The molecular formula is C24H50N6O8. The molecule has 224 valence electrons. The summed E-state index contributed by atoms with van der Waals surface area (Å²) in [5.41, 5.74) is 0. The van der Waals surface area contributed by atoms with Crippen LogP contribution >= 0.6 is 0 Å². The Bertz CT molecular complexity index is 577. The number of rotatable bonds is 22. The molecule has 0 aromatic heterocycles. The van der Waals surface area contributed by atoms with Crippen LogP contribution in [0.5, 0.6) is 0 Å². The van der Waals surface area contributed by atoms with E-state index in [1.165, 1.54) is 0 Å². The van der Waals surface area contributed by atoms with Crippen molar-refractivity contribution in [3.63, 3.8) is 0 Å². The number of carbonyl (C=O) groups is 2. The molecule has 1 heterocycles. The SMILES string of the molecule is O=C(CCN(CCO)CCO)N1CN(CCCN(CCO)CCO)CN(C(=O)CCN(CCO)CCO)C1. The lowest BCUT2D eigenvalue weighted by atomic mass is 10.2. The van der Waals surface area contributed by atoms with Gasteiger partial charge in [0.15, 0.2) is 0 Å². The van der Waals surface area contributed by atoms with Gasteiger partial charge in [0.2, 0.25) is 11.8 Å². The van der Waals surface area contributed by atoms with Gasteiger partial charge in [0.25, 0.3) is 0 Å². The van der Waals surface area contributed by atoms with E-state index in [0.29, 0.717) is 78.8 Å². The van der Waals surface area contributed by atoms with Crippen LogP contribution in [0.4, 0.5) is 0 Å². The van der Waals surface area contributed by atoms with Gasteiger partial charge in [-0.15, -0.1) is 0 Å². The molecule has 2 amide bonds. The van der Waals surface area contributed by atoms with Crippen molar-refractivity contribution in [3.05, 3.63) is 0 Å². The highest BCUT2D eigenvalue weighted by Gasteiger charge is 2.29. The third-order valence-electron chi connectivity index (χ3n) is 6.52. The van der Waals surface area contributed by atoms with Crippen LogP contribution in [0, 0.1) is 0 Å². The Kier molecular flexibility index (Phi) is 19.4. The van der Waals surface area contributed by atoms with Crippen molar-refractivity contribution in [2.24, 2.45) is 0 Å². The molecule has 0 saturated carbocycles. The molecule has 0 aromatic carbocycles. The highest BCUT2D eigenvalue weighted by Crippen LogP contribution is 2.12. The minimum Gasteiger partial charge on any atom is -0.395 e. The molecule has 14 nitrogen and oxygen atoms in total. The molecule has 0 atom stereocenters. The van der Waals surface area contributed by atoms with Crippen molar-refractivity contribution in [1.82, 2.24) is 29.4 Å². The maximum atomic E-state index is 13.1. The number of aliphatic hydroxyl groups is 6. The normalized spacial score (nSPS) is 14.9. The second kappa shape index (κ2) is 21.4. The topological polar surface area (TPSA) is 175 Å². The first-order valence-electron chi connectivity index (χ1n) is 13.5. The van der Waals surface area contributed by atoms with E-state index >= 15 is 0 Å². The number of nitrogens with zero attached hydrogens (tertiary/aromatic N) is 6. The molecule has 1 aliphatic rings. The molecule has 0 aliphatic carbocycles. The molecule has 6 N–H and O–H groups in total. The van der Waals surface area contributed by atoms with E-state index in [2.05, 4.69) is 0 Å². The van der Waals surface area contributed by atoms with Crippen LogP contribution in [0.25, 0.3) is 0 Å². The van der Waals surface area contributed by atoms with Crippen molar-refractivity contribution >= 4 is 11.8 Å². The molecule has 1 fully saturated rings. The van der Waals surface area contributed by atoms with Gasteiger partial charge in [-0.1, -0.05) is 0 Å². The quantitative estimate of drug-likeness (QED) is 0.0769. The first-order valence-corrected chi connectivity index (χ1v) is 13.5. The van der Waals surface area contributed by atoms with E-state index in [9.17, 15) is 40.2 Å². The van der Waals surface area contributed by atoms with Gasteiger partial charge in [-0.05, 0) is 13.0 Å². The van der Waals surface area contributed by atoms with Crippen molar-refractivity contribution in [3.8, 4) is 0 Å². The fourth-order valence-corrected chi connectivity index (χ4v) is 4.48. The first-order chi connectivity index (χ1) is 18.4. The van der Waals surface area contributed by atoms with E-state index in [4.69, 9.17) is 0 Å². The average molecular weight is 551 g/mol. The average Bonchev–Trinajstić information content (AvgIpc) is 2.90. The fraction of sp³-hybridized carbons (Fsp3) is 0.917. The summed E-state index contributed by atoms with van der Waals surface area (Å²) in [5.74, 6) is -0.254. The smallest absolute Gasteiger partial charge is 0.226 e. The largest absolute Gasteiger partial charge is 0.395 e. The summed E-state index contributed by atoms with van der Waals surface area (Å²) < 4.78 is 0. The van der Waals surface area contributed by atoms with Crippen molar-refractivity contribution in [2.75, 3.05) is 125 Å². The first kappa shape index (κ1) is 34.6. The molecule has 1 aliphatic heterocycles. The molecule has 1 saturated heterocycles. The Balaban J connectivity index is 2.81. The lowest BCUT2D eigenvalue weighted by molar-refractivity contribution is -0.152.